The summed E-state index contributed by atoms with van der Waals surface area (Å²) in [7, 11) is 0. The molecular formula is C24H28Cl2N6O. The molecule has 1 fully saturated rings. The van der Waals surface area contributed by atoms with E-state index in [9.17, 15) is 4.79 Å². The summed E-state index contributed by atoms with van der Waals surface area (Å²) in [4.78, 5) is 20.8. The molecule has 3 rings (SSSR count). The predicted octanol–water partition coefficient (Wildman–Crippen LogP) is 5.81. The van der Waals surface area contributed by atoms with Crippen LogP contribution >= 0.6 is 23.2 Å². The van der Waals surface area contributed by atoms with Crippen LogP contribution in [0.15, 0.2) is 53.8 Å². The maximum absolute atomic E-state index is 13.1. The zero-order chi connectivity index (χ0) is 24.3. The van der Waals surface area contributed by atoms with E-state index in [1.165, 1.54) is 0 Å². The minimum Gasteiger partial charge on any atom is -0.387 e. The molecule has 0 atom stereocenters. The lowest BCUT2D eigenvalue weighted by Crippen LogP contribution is -2.30. The minimum atomic E-state index is -0.163. The Bertz CT molecular complexity index is 1170. The predicted molar refractivity (Wildman–Crippen MR) is 138 cm³/mol. The molecule has 0 aliphatic carbocycles. The zero-order valence-corrected chi connectivity index (χ0v) is 20.8. The van der Waals surface area contributed by atoms with Gasteiger partial charge in [-0.15, -0.1) is 0 Å². The summed E-state index contributed by atoms with van der Waals surface area (Å²) in [5, 5.41) is 5.52. The number of amidine groups is 1. The number of aryl methyl sites for hydroxylation is 1. The average molecular weight is 487 g/mol. The van der Waals surface area contributed by atoms with Gasteiger partial charge in [0.05, 0.1) is 21.6 Å². The van der Waals surface area contributed by atoms with Gasteiger partial charge in [0.1, 0.15) is 5.69 Å². The third-order valence-electron chi connectivity index (χ3n) is 5.28. The number of nitrogens with zero attached hydrogens (tertiary/aromatic N) is 5. The van der Waals surface area contributed by atoms with E-state index in [0.717, 1.165) is 16.8 Å². The van der Waals surface area contributed by atoms with Crippen molar-refractivity contribution in [3.63, 3.8) is 0 Å². The molecule has 1 aliphatic heterocycles. The molecule has 1 saturated heterocycles. The van der Waals surface area contributed by atoms with E-state index in [4.69, 9.17) is 28.9 Å². The van der Waals surface area contributed by atoms with Crippen molar-refractivity contribution in [2.45, 2.75) is 34.2 Å². The molecule has 1 aliphatic rings. The number of nitrogens with two attached hydrogens (primary N) is 1. The monoisotopic (exact) mass is 486 g/mol. The van der Waals surface area contributed by atoms with E-state index >= 15 is 0 Å². The quantitative estimate of drug-likeness (QED) is 0.304. The Morgan fingerprint density at radius 2 is 2.00 bits per heavy atom. The first-order valence-electron chi connectivity index (χ1n) is 10.6. The zero-order valence-electron chi connectivity index (χ0n) is 19.3. The second-order valence-electron chi connectivity index (χ2n) is 7.68. The van der Waals surface area contributed by atoms with Gasteiger partial charge in [-0.2, -0.15) is 5.10 Å². The molecule has 7 nitrogen and oxygen atoms in total. The van der Waals surface area contributed by atoms with Crippen molar-refractivity contribution in [2.24, 2.45) is 10.7 Å². The Morgan fingerprint density at radius 3 is 2.61 bits per heavy atom. The molecule has 0 saturated carbocycles. The Balaban J connectivity index is 1.88. The van der Waals surface area contributed by atoms with Crippen molar-refractivity contribution < 1.29 is 4.79 Å². The van der Waals surface area contributed by atoms with Crippen molar-refractivity contribution in [3.05, 3.63) is 70.1 Å². The lowest BCUT2D eigenvalue weighted by molar-refractivity contribution is 0.232. The maximum atomic E-state index is 13.1. The normalized spacial score (nSPS) is 15.6. The number of halogens is 2. The van der Waals surface area contributed by atoms with Gasteiger partial charge in [0.15, 0.2) is 0 Å². The van der Waals surface area contributed by atoms with Gasteiger partial charge in [-0.05, 0) is 57.5 Å². The van der Waals surface area contributed by atoms with Crippen LogP contribution in [0.5, 0.6) is 0 Å². The second kappa shape index (κ2) is 10.3. The molecule has 1 aromatic heterocycles. The van der Waals surface area contributed by atoms with Gasteiger partial charge in [0.2, 0.25) is 0 Å². The second-order valence-corrected chi connectivity index (χ2v) is 8.49. The smallest absolute Gasteiger partial charge is 0.329 e. The summed E-state index contributed by atoms with van der Waals surface area (Å²) < 4.78 is 1.85. The highest BCUT2D eigenvalue weighted by molar-refractivity contribution is 6.42. The Morgan fingerprint density at radius 1 is 1.27 bits per heavy atom. The van der Waals surface area contributed by atoms with E-state index < -0.39 is 0 Å². The molecule has 0 bridgehead atoms. The largest absolute Gasteiger partial charge is 0.387 e. The van der Waals surface area contributed by atoms with Crippen molar-refractivity contribution >= 4 is 52.0 Å². The first-order valence-corrected chi connectivity index (χ1v) is 11.4. The van der Waals surface area contributed by atoms with Crippen LogP contribution in [0.25, 0.3) is 11.3 Å². The number of amides is 2. The highest BCUT2D eigenvalue weighted by Crippen LogP contribution is 2.31. The van der Waals surface area contributed by atoms with Crippen LogP contribution in [-0.2, 0) is 6.54 Å². The van der Waals surface area contributed by atoms with Crippen LogP contribution in [0.3, 0.4) is 0 Å². The molecule has 9 heteroatoms. The van der Waals surface area contributed by atoms with Crippen LogP contribution in [0.4, 0.5) is 10.5 Å². The third kappa shape index (κ3) is 5.31. The maximum Gasteiger partial charge on any atom is 0.329 e. The lowest BCUT2D eigenvalue weighted by Gasteiger charge is -2.19. The van der Waals surface area contributed by atoms with Gasteiger partial charge >= 0.3 is 6.03 Å². The number of benzene rings is 1. The molecular weight excluding hydrogens is 459 g/mol. The highest BCUT2D eigenvalue weighted by atomic mass is 35.5. The summed E-state index contributed by atoms with van der Waals surface area (Å²) in [6.07, 6.45) is 5.74. The number of aliphatic imine (C=N–C) groups is 1. The van der Waals surface area contributed by atoms with Crippen molar-refractivity contribution in [2.75, 3.05) is 18.0 Å². The number of allylic oxidation sites excluding steroid dienone is 3. The van der Waals surface area contributed by atoms with E-state index in [-0.39, 0.29) is 6.03 Å². The summed E-state index contributed by atoms with van der Waals surface area (Å²) in [6, 6.07) is 5.00. The molecule has 0 unspecified atom stereocenters. The van der Waals surface area contributed by atoms with Crippen LogP contribution in [-0.4, -0.2) is 39.6 Å². The first-order chi connectivity index (χ1) is 15.7. The van der Waals surface area contributed by atoms with Gasteiger partial charge in [0.25, 0.3) is 0 Å². The Kier molecular flexibility index (Phi) is 7.66. The summed E-state index contributed by atoms with van der Waals surface area (Å²) in [5.74, 6) is 0.455. The highest BCUT2D eigenvalue weighted by Gasteiger charge is 2.31. The summed E-state index contributed by atoms with van der Waals surface area (Å²) in [6.45, 7) is 13.5. The standard InChI is InChI=1S/C24H28Cl2N6O/c1-6-22(28-17(5)27)23-19(14-30(7-2)29-23)15(3)12-16(4)31-10-11-32(24(31)33)18-8-9-20(25)21(26)13-18/h6,8-9,12-14H,4,7,10-11H2,1-3,5H3,(H2,27,28)/b15-12+,22-6-. The average Bonchev–Trinajstić information content (AvgIpc) is 3.37. The number of carbonyl (C=O) groups is 1. The van der Waals surface area contributed by atoms with Crippen molar-refractivity contribution in [1.82, 2.24) is 14.7 Å². The van der Waals surface area contributed by atoms with Crippen LogP contribution in [0, 0.1) is 0 Å². The molecule has 0 radical (unpaired) electrons. The fourth-order valence-corrected chi connectivity index (χ4v) is 3.90. The minimum absolute atomic E-state index is 0.163. The van der Waals surface area contributed by atoms with Crippen molar-refractivity contribution in [1.29, 1.82) is 0 Å². The van der Waals surface area contributed by atoms with E-state index in [0.29, 0.717) is 52.6 Å². The molecule has 1 aromatic carbocycles. The number of hydrogen-bond acceptors (Lipinski definition) is 3. The molecule has 2 amide bonds. The number of anilines is 1. The topological polar surface area (TPSA) is 79.8 Å². The first kappa shape index (κ1) is 24.6. The van der Waals surface area contributed by atoms with Gasteiger partial charge in [0, 0.05) is 42.8 Å². The number of urea groups is 1. The Labute approximate surface area is 204 Å². The molecule has 33 heavy (non-hydrogen) atoms. The summed E-state index contributed by atoms with van der Waals surface area (Å²) >= 11 is 12.1. The van der Waals surface area contributed by atoms with Crippen LogP contribution in [0.1, 0.15) is 39.0 Å². The van der Waals surface area contributed by atoms with Gasteiger partial charge in [-0.25, -0.2) is 9.79 Å². The molecule has 2 aromatic rings. The SMILES string of the molecule is C=C(/C=C(\C)c1cn(CC)nc1/C(=C/C)N=C(C)N)N1CCN(c2ccc(Cl)c(Cl)c2)C1=O. The Hall–Kier alpha value is -3.03. The van der Waals surface area contributed by atoms with E-state index in [1.54, 1.807) is 34.9 Å². The number of hydrogen-bond donors (Lipinski definition) is 1. The lowest BCUT2D eigenvalue weighted by atomic mass is 10.1. The summed E-state index contributed by atoms with van der Waals surface area (Å²) in [5.41, 5.74) is 10.4. The molecule has 2 heterocycles. The number of aromatic nitrogens is 2. The van der Waals surface area contributed by atoms with Gasteiger partial charge in [-0.1, -0.05) is 35.9 Å². The number of rotatable bonds is 7. The molecule has 174 valence electrons. The van der Waals surface area contributed by atoms with E-state index in [2.05, 4.69) is 16.7 Å². The van der Waals surface area contributed by atoms with Gasteiger partial charge in [-0.3, -0.25) is 14.5 Å². The molecule has 0 spiro atoms. The fraction of sp³-hybridized carbons (Fsp3) is 0.292. The molecule has 2 N–H and O–H groups in total. The van der Waals surface area contributed by atoms with Crippen LogP contribution in [0.2, 0.25) is 10.0 Å². The fourth-order valence-electron chi connectivity index (χ4n) is 3.61. The third-order valence-corrected chi connectivity index (χ3v) is 6.02. The number of carbonyl (C=O) groups excluding carboxylic acids is 1. The van der Waals surface area contributed by atoms with Crippen LogP contribution < -0.4 is 10.6 Å². The van der Waals surface area contributed by atoms with Crippen molar-refractivity contribution in [3.8, 4) is 0 Å². The van der Waals surface area contributed by atoms with E-state index in [1.807, 2.05) is 43.8 Å². The van der Waals surface area contributed by atoms with Gasteiger partial charge < -0.3 is 5.73 Å².